The Morgan fingerprint density at radius 3 is 2.92 bits per heavy atom. The van der Waals surface area contributed by atoms with E-state index in [9.17, 15) is 0 Å². The van der Waals surface area contributed by atoms with E-state index in [1.165, 1.54) is 0 Å². The van der Waals surface area contributed by atoms with E-state index in [0.717, 1.165) is 18.2 Å². The second-order valence-corrected chi connectivity index (χ2v) is 4.50. The van der Waals surface area contributed by atoms with Gasteiger partial charge in [-0.15, -0.1) is 5.10 Å². The van der Waals surface area contributed by atoms with E-state index in [4.69, 9.17) is 0 Å². The van der Waals surface area contributed by atoms with Crippen LogP contribution in [0.25, 0.3) is 0 Å². The Morgan fingerprint density at radius 1 is 1.54 bits per heavy atom. The maximum atomic E-state index is 3.95. The average molecular weight is 201 g/mol. The predicted octanol–water partition coefficient (Wildman–Crippen LogP) is 0.393. The first-order valence-corrected chi connectivity index (χ1v) is 5.19. The van der Waals surface area contributed by atoms with Crippen LogP contribution < -0.4 is 5.32 Å². The first-order chi connectivity index (χ1) is 6.24. The van der Waals surface area contributed by atoms with E-state index in [-0.39, 0.29) is 0 Å². The van der Waals surface area contributed by atoms with Crippen LogP contribution in [0.4, 0.5) is 0 Å². The molecule has 1 aromatic rings. The summed E-state index contributed by atoms with van der Waals surface area (Å²) >= 11 is 1.68. The van der Waals surface area contributed by atoms with Crippen molar-refractivity contribution in [1.29, 1.82) is 0 Å². The van der Waals surface area contributed by atoms with Gasteiger partial charge in [0.15, 0.2) is 0 Å². The van der Waals surface area contributed by atoms with Crippen molar-refractivity contribution in [2.45, 2.75) is 30.8 Å². The number of likely N-dealkylation sites (N-methyl/N-ethyl adjacent to an activating group) is 1. The number of nitrogens with zero attached hydrogens (tertiary/aromatic N) is 4. The van der Waals surface area contributed by atoms with Crippen molar-refractivity contribution in [3.63, 3.8) is 0 Å². The molecular weight excluding hydrogens is 186 g/mol. The zero-order valence-corrected chi connectivity index (χ0v) is 9.01. The van der Waals surface area contributed by atoms with E-state index >= 15 is 0 Å². The van der Waals surface area contributed by atoms with E-state index in [1.807, 2.05) is 11.7 Å². The molecule has 0 atom stereocenters. The van der Waals surface area contributed by atoms with Gasteiger partial charge < -0.3 is 5.32 Å². The SMILES string of the molecule is CNCCn1nnnc1SC(C)C. The van der Waals surface area contributed by atoms with Crippen LogP contribution >= 0.6 is 11.8 Å². The second kappa shape index (κ2) is 5.18. The summed E-state index contributed by atoms with van der Waals surface area (Å²) < 4.78 is 1.82. The first-order valence-electron chi connectivity index (χ1n) is 4.31. The van der Waals surface area contributed by atoms with Crippen molar-refractivity contribution >= 4 is 11.8 Å². The molecule has 74 valence electrons. The van der Waals surface area contributed by atoms with Crippen molar-refractivity contribution in [2.75, 3.05) is 13.6 Å². The minimum absolute atomic E-state index is 0.513. The maximum Gasteiger partial charge on any atom is 0.209 e. The molecule has 0 saturated heterocycles. The van der Waals surface area contributed by atoms with Gasteiger partial charge in [0, 0.05) is 11.8 Å². The topological polar surface area (TPSA) is 55.6 Å². The van der Waals surface area contributed by atoms with Crippen LogP contribution in [0.15, 0.2) is 5.16 Å². The van der Waals surface area contributed by atoms with Gasteiger partial charge in [0.2, 0.25) is 5.16 Å². The number of hydrogen-bond donors (Lipinski definition) is 1. The first kappa shape index (κ1) is 10.5. The minimum atomic E-state index is 0.513. The second-order valence-electron chi connectivity index (χ2n) is 2.95. The highest BCUT2D eigenvalue weighted by Gasteiger charge is 2.07. The number of hydrogen-bond acceptors (Lipinski definition) is 5. The van der Waals surface area contributed by atoms with Gasteiger partial charge in [-0.25, -0.2) is 4.68 Å². The van der Waals surface area contributed by atoms with Gasteiger partial charge in [-0.1, -0.05) is 25.6 Å². The Kier molecular flexibility index (Phi) is 4.17. The largest absolute Gasteiger partial charge is 0.318 e. The Hall–Kier alpha value is -0.620. The molecule has 1 aromatic heterocycles. The van der Waals surface area contributed by atoms with Crippen molar-refractivity contribution < 1.29 is 0 Å². The summed E-state index contributed by atoms with van der Waals surface area (Å²) in [7, 11) is 1.92. The summed E-state index contributed by atoms with van der Waals surface area (Å²) in [5.41, 5.74) is 0. The van der Waals surface area contributed by atoms with Crippen molar-refractivity contribution in [3.05, 3.63) is 0 Å². The molecule has 0 amide bonds. The summed E-state index contributed by atoms with van der Waals surface area (Å²) in [4.78, 5) is 0. The third kappa shape index (κ3) is 3.31. The fourth-order valence-electron chi connectivity index (χ4n) is 0.850. The highest BCUT2D eigenvalue weighted by Crippen LogP contribution is 2.18. The number of tetrazole rings is 1. The summed E-state index contributed by atoms with van der Waals surface area (Å²) in [5, 5.41) is 16.0. The fraction of sp³-hybridized carbons (Fsp3) is 0.857. The molecule has 0 bridgehead atoms. The number of thioether (sulfide) groups is 1. The van der Waals surface area contributed by atoms with Gasteiger partial charge in [-0.05, 0) is 17.5 Å². The van der Waals surface area contributed by atoms with Crippen LogP contribution in [-0.2, 0) is 6.54 Å². The van der Waals surface area contributed by atoms with Crippen LogP contribution in [0.5, 0.6) is 0 Å². The molecule has 1 N–H and O–H groups in total. The third-order valence-electron chi connectivity index (χ3n) is 1.41. The van der Waals surface area contributed by atoms with E-state index < -0.39 is 0 Å². The molecule has 0 aliphatic heterocycles. The summed E-state index contributed by atoms with van der Waals surface area (Å²) in [6, 6.07) is 0. The Labute approximate surface area is 82.3 Å². The third-order valence-corrected chi connectivity index (χ3v) is 2.39. The maximum absolute atomic E-state index is 3.95. The van der Waals surface area contributed by atoms with Crippen LogP contribution in [0, 0.1) is 0 Å². The van der Waals surface area contributed by atoms with E-state index in [2.05, 4.69) is 34.7 Å². The van der Waals surface area contributed by atoms with Crippen LogP contribution in [0.3, 0.4) is 0 Å². The van der Waals surface area contributed by atoms with Crippen LogP contribution in [0.1, 0.15) is 13.8 Å². The standard InChI is InChI=1S/C7H15N5S/c1-6(2)13-7-9-10-11-12(7)5-4-8-3/h6,8H,4-5H2,1-3H3. The predicted molar refractivity (Wildman–Crippen MR) is 52.7 cm³/mol. The monoisotopic (exact) mass is 201 g/mol. The minimum Gasteiger partial charge on any atom is -0.318 e. The van der Waals surface area contributed by atoms with Gasteiger partial charge in [-0.3, -0.25) is 0 Å². The Bertz CT molecular complexity index is 247. The quantitative estimate of drug-likeness (QED) is 0.699. The van der Waals surface area contributed by atoms with Gasteiger partial charge in [0.25, 0.3) is 0 Å². The molecule has 1 rings (SSSR count). The summed E-state index contributed by atoms with van der Waals surface area (Å²) in [6.07, 6.45) is 0. The molecule has 0 saturated carbocycles. The number of rotatable bonds is 5. The highest BCUT2D eigenvalue weighted by molar-refractivity contribution is 7.99. The number of aromatic nitrogens is 4. The van der Waals surface area contributed by atoms with E-state index in [0.29, 0.717) is 5.25 Å². The Balaban J connectivity index is 2.55. The molecule has 0 unspecified atom stereocenters. The highest BCUT2D eigenvalue weighted by atomic mass is 32.2. The van der Waals surface area contributed by atoms with Gasteiger partial charge in [0.05, 0.1) is 6.54 Å². The average Bonchev–Trinajstić information content (AvgIpc) is 2.48. The molecule has 0 aliphatic rings. The lowest BCUT2D eigenvalue weighted by atomic mass is 10.6. The lowest BCUT2D eigenvalue weighted by Gasteiger charge is -2.04. The zero-order chi connectivity index (χ0) is 9.68. The van der Waals surface area contributed by atoms with Crippen LogP contribution in [-0.4, -0.2) is 39.0 Å². The van der Waals surface area contributed by atoms with Gasteiger partial charge in [-0.2, -0.15) is 0 Å². The van der Waals surface area contributed by atoms with Crippen molar-refractivity contribution in [2.24, 2.45) is 0 Å². The van der Waals surface area contributed by atoms with Crippen LogP contribution in [0.2, 0.25) is 0 Å². The Morgan fingerprint density at radius 2 is 2.31 bits per heavy atom. The molecule has 1 heterocycles. The molecule has 0 radical (unpaired) electrons. The molecule has 0 spiro atoms. The lowest BCUT2D eigenvalue weighted by molar-refractivity contribution is 0.529. The van der Waals surface area contributed by atoms with Crippen molar-refractivity contribution in [1.82, 2.24) is 25.5 Å². The summed E-state index contributed by atoms with van der Waals surface area (Å²) in [5.74, 6) is 0. The molecule has 0 aliphatic carbocycles. The normalized spacial score (nSPS) is 11.1. The molecule has 13 heavy (non-hydrogen) atoms. The molecule has 0 aromatic carbocycles. The van der Waals surface area contributed by atoms with Gasteiger partial charge >= 0.3 is 0 Å². The van der Waals surface area contributed by atoms with Crippen molar-refractivity contribution in [3.8, 4) is 0 Å². The molecular formula is C7H15N5S. The smallest absolute Gasteiger partial charge is 0.209 e. The lowest BCUT2D eigenvalue weighted by Crippen LogP contribution is -2.16. The fourth-order valence-corrected chi connectivity index (χ4v) is 1.60. The molecule has 6 heteroatoms. The van der Waals surface area contributed by atoms with E-state index in [1.54, 1.807) is 11.8 Å². The molecule has 0 fully saturated rings. The summed E-state index contributed by atoms with van der Waals surface area (Å²) in [6.45, 7) is 5.96. The zero-order valence-electron chi connectivity index (χ0n) is 8.19. The molecule has 5 nitrogen and oxygen atoms in total. The van der Waals surface area contributed by atoms with Gasteiger partial charge in [0.1, 0.15) is 0 Å². The number of nitrogens with one attached hydrogen (secondary N) is 1.